The van der Waals surface area contributed by atoms with Gasteiger partial charge in [0.05, 0.1) is 20.3 Å². The fourth-order valence-electron chi connectivity index (χ4n) is 1.85. The summed E-state index contributed by atoms with van der Waals surface area (Å²) in [5.74, 6) is 2.49. The largest absolute Gasteiger partial charge is 0.497 e. The molecule has 1 aromatic rings. The third kappa shape index (κ3) is 10.5. The molecule has 0 atom stereocenters. The molecular formula is C17H30IN3O3. The van der Waals surface area contributed by atoms with Gasteiger partial charge >= 0.3 is 0 Å². The third-order valence-corrected chi connectivity index (χ3v) is 2.99. The molecule has 6 nitrogen and oxygen atoms in total. The molecule has 0 spiro atoms. The molecule has 0 saturated heterocycles. The number of guanidine groups is 1. The molecule has 0 radical (unpaired) electrons. The summed E-state index contributed by atoms with van der Waals surface area (Å²) < 4.78 is 16.1. The van der Waals surface area contributed by atoms with Crippen molar-refractivity contribution in [3.63, 3.8) is 0 Å². The first-order chi connectivity index (χ1) is 11.3. The summed E-state index contributed by atoms with van der Waals surface area (Å²) in [7, 11) is 1.65. The van der Waals surface area contributed by atoms with Gasteiger partial charge in [0.2, 0.25) is 0 Å². The first-order valence-corrected chi connectivity index (χ1v) is 8.17. The van der Waals surface area contributed by atoms with Gasteiger partial charge in [-0.2, -0.15) is 0 Å². The zero-order valence-corrected chi connectivity index (χ0v) is 17.2. The molecule has 24 heavy (non-hydrogen) atoms. The van der Waals surface area contributed by atoms with E-state index >= 15 is 0 Å². The predicted molar refractivity (Wildman–Crippen MR) is 109 cm³/mol. The number of hydrogen-bond donors (Lipinski definition) is 2. The number of methoxy groups -OCH3 is 1. The second kappa shape index (κ2) is 15.3. The van der Waals surface area contributed by atoms with Gasteiger partial charge in [-0.15, -0.1) is 24.0 Å². The van der Waals surface area contributed by atoms with E-state index in [2.05, 4.69) is 15.6 Å². The van der Waals surface area contributed by atoms with Crippen LogP contribution in [0.4, 0.5) is 0 Å². The lowest BCUT2D eigenvalue weighted by atomic mass is 10.3. The number of nitrogens with one attached hydrogen (secondary N) is 2. The summed E-state index contributed by atoms with van der Waals surface area (Å²) >= 11 is 0. The minimum absolute atomic E-state index is 0. The van der Waals surface area contributed by atoms with E-state index in [1.165, 1.54) is 0 Å². The summed E-state index contributed by atoms with van der Waals surface area (Å²) in [5, 5.41) is 6.45. The highest BCUT2D eigenvalue weighted by Crippen LogP contribution is 2.16. The van der Waals surface area contributed by atoms with Gasteiger partial charge in [-0.05, 0) is 38.1 Å². The first kappa shape index (κ1) is 22.8. The quantitative estimate of drug-likeness (QED) is 0.235. The van der Waals surface area contributed by atoms with Gasteiger partial charge in [-0.25, -0.2) is 0 Å². The molecule has 2 N–H and O–H groups in total. The summed E-state index contributed by atoms with van der Waals surface area (Å²) in [6.07, 6.45) is 0.855. The second-order valence-electron chi connectivity index (χ2n) is 4.76. The number of ether oxygens (including phenoxy) is 3. The maximum Gasteiger partial charge on any atom is 0.191 e. The topological polar surface area (TPSA) is 64.1 Å². The van der Waals surface area contributed by atoms with E-state index < -0.39 is 0 Å². The first-order valence-electron chi connectivity index (χ1n) is 8.17. The Labute approximate surface area is 162 Å². The second-order valence-corrected chi connectivity index (χ2v) is 4.76. The zero-order chi connectivity index (χ0) is 16.8. The van der Waals surface area contributed by atoms with Crippen LogP contribution in [0, 0.1) is 0 Å². The van der Waals surface area contributed by atoms with Crippen LogP contribution in [0.3, 0.4) is 0 Å². The summed E-state index contributed by atoms with van der Waals surface area (Å²) in [6, 6.07) is 7.58. The van der Waals surface area contributed by atoms with Gasteiger partial charge in [-0.3, -0.25) is 4.99 Å². The van der Waals surface area contributed by atoms with E-state index in [-0.39, 0.29) is 24.0 Å². The SMILES string of the molecule is CCNC(=NCCCOc1ccc(OC)cc1)NCCOCC.I. The maximum absolute atomic E-state index is 5.67. The highest BCUT2D eigenvalue weighted by Gasteiger charge is 1.97. The van der Waals surface area contributed by atoms with Gasteiger partial charge < -0.3 is 24.8 Å². The molecular weight excluding hydrogens is 421 g/mol. The van der Waals surface area contributed by atoms with Crippen LogP contribution in [0.2, 0.25) is 0 Å². The maximum atomic E-state index is 5.67. The molecule has 7 heteroatoms. The summed E-state index contributed by atoms with van der Waals surface area (Å²) in [5.41, 5.74) is 0. The molecule has 0 aliphatic rings. The fourth-order valence-corrected chi connectivity index (χ4v) is 1.85. The average molecular weight is 451 g/mol. The van der Waals surface area contributed by atoms with E-state index in [0.717, 1.165) is 43.6 Å². The Morgan fingerprint density at radius 3 is 2.38 bits per heavy atom. The summed E-state index contributed by atoms with van der Waals surface area (Å²) in [6.45, 7) is 8.38. The van der Waals surface area contributed by atoms with Gasteiger partial charge in [-0.1, -0.05) is 0 Å². The van der Waals surface area contributed by atoms with Crippen LogP contribution in [0.5, 0.6) is 11.5 Å². The van der Waals surface area contributed by atoms with Crippen molar-refractivity contribution in [2.24, 2.45) is 4.99 Å². The van der Waals surface area contributed by atoms with Crippen molar-refractivity contribution in [3.05, 3.63) is 24.3 Å². The Hall–Kier alpha value is -1.22. The number of halogens is 1. The zero-order valence-electron chi connectivity index (χ0n) is 14.8. The number of hydrogen-bond acceptors (Lipinski definition) is 4. The van der Waals surface area contributed by atoms with Crippen molar-refractivity contribution in [2.75, 3.05) is 46.6 Å². The van der Waals surface area contributed by atoms with Crippen molar-refractivity contribution in [1.29, 1.82) is 0 Å². The standard InChI is InChI=1S/C17H29N3O3.HI/c1-4-18-17(20-12-14-22-5-2)19-11-6-13-23-16-9-7-15(21-3)8-10-16;/h7-10H,4-6,11-14H2,1-3H3,(H2,18,19,20);1H. The van der Waals surface area contributed by atoms with E-state index in [4.69, 9.17) is 14.2 Å². The lowest BCUT2D eigenvalue weighted by molar-refractivity contribution is 0.152. The van der Waals surface area contributed by atoms with Crippen molar-refractivity contribution in [1.82, 2.24) is 10.6 Å². The molecule has 0 aromatic heterocycles. The molecule has 138 valence electrons. The minimum atomic E-state index is 0. The van der Waals surface area contributed by atoms with Crippen LogP contribution in [-0.2, 0) is 4.74 Å². The van der Waals surface area contributed by atoms with Crippen LogP contribution in [0.15, 0.2) is 29.3 Å². The number of rotatable bonds is 11. The van der Waals surface area contributed by atoms with Gasteiger partial charge in [0.25, 0.3) is 0 Å². The molecule has 0 bridgehead atoms. The molecule has 0 saturated carbocycles. The fraction of sp³-hybridized carbons (Fsp3) is 0.588. The Balaban J connectivity index is 0.00000529. The Bertz CT molecular complexity index is 441. The monoisotopic (exact) mass is 451 g/mol. The third-order valence-electron chi connectivity index (χ3n) is 2.99. The number of benzene rings is 1. The summed E-state index contributed by atoms with van der Waals surface area (Å²) in [4.78, 5) is 4.51. The Morgan fingerprint density at radius 2 is 1.75 bits per heavy atom. The van der Waals surface area contributed by atoms with Crippen LogP contribution >= 0.6 is 24.0 Å². The highest BCUT2D eigenvalue weighted by atomic mass is 127. The van der Waals surface area contributed by atoms with Gasteiger partial charge in [0.1, 0.15) is 11.5 Å². The van der Waals surface area contributed by atoms with Crippen LogP contribution in [0.25, 0.3) is 0 Å². The molecule has 0 unspecified atom stereocenters. The van der Waals surface area contributed by atoms with Crippen molar-refractivity contribution < 1.29 is 14.2 Å². The van der Waals surface area contributed by atoms with Crippen LogP contribution < -0.4 is 20.1 Å². The molecule has 0 heterocycles. The van der Waals surface area contributed by atoms with E-state index in [9.17, 15) is 0 Å². The number of aliphatic imine (C=N–C) groups is 1. The Kier molecular flexibility index (Phi) is 14.5. The van der Waals surface area contributed by atoms with Gasteiger partial charge in [0, 0.05) is 32.7 Å². The van der Waals surface area contributed by atoms with Crippen LogP contribution in [-0.4, -0.2) is 52.5 Å². The molecule has 0 aliphatic heterocycles. The average Bonchev–Trinajstić information content (AvgIpc) is 2.58. The minimum Gasteiger partial charge on any atom is -0.497 e. The molecule has 0 amide bonds. The molecule has 1 aromatic carbocycles. The van der Waals surface area contributed by atoms with E-state index in [1.807, 2.05) is 38.1 Å². The number of nitrogens with zero attached hydrogens (tertiary/aromatic N) is 1. The molecule has 1 rings (SSSR count). The van der Waals surface area contributed by atoms with Gasteiger partial charge in [0.15, 0.2) is 5.96 Å². The van der Waals surface area contributed by atoms with E-state index in [0.29, 0.717) is 19.8 Å². The smallest absolute Gasteiger partial charge is 0.191 e. The Morgan fingerprint density at radius 1 is 1.04 bits per heavy atom. The lowest BCUT2D eigenvalue weighted by Crippen LogP contribution is -2.39. The molecule has 0 aliphatic carbocycles. The lowest BCUT2D eigenvalue weighted by Gasteiger charge is -2.11. The van der Waals surface area contributed by atoms with Crippen molar-refractivity contribution >= 4 is 29.9 Å². The van der Waals surface area contributed by atoms with Crippen molar-refractivity contribution in [3.8, 4) is 11.5 Å². The highest BCUT2D eigenvalue weighted by molar-refractivity contribution is 14.0. The van der Waals surface area contributed by atoms with E-state index in [1.54, 1.807) is 7.11 Å². The predicted octanol–water partition coefficient (Wildman–Crippen LogP) is 2.67. The normalized spacial score (nSPS) is 10.7. The van der Waals surface area contributed by atoms with Crippen molar-refractivity contribution in [2.45, 2.75) is 20.3 Å². The van der Waals surface area contributed by atoms with Crippen LogP contribution in [0.1, 0.15) is 20.3 Å². The molecule has 0 fully saturated rings.